The topological polar surface area (TPSA) is 32.9 Å². The van der Waals surface area contributed by atoms with Crippen molar-refractivity contribution in [2.24, 2.45) is 5.92 Å². The lowest BCUT2D eigenvalue weighted by atomic mass is 9.83. The molecule has 1 N–H and O–H groups in total. The van der Waals surface area contributed by atoms with Gasteiger partial charge in [-0.3, -0.25) is 4.79 Å². The highest BCUT2D eigenvalue weighted by Gasteiger charge is 2.27. The van der Waals surface area contributed by atoms with Crippen LogP contribution in [0.4, 0.5) is 0 Å². The molecule has 20 heavy (non-hydrogen) atoms. The summed E-state index contributed by atoms with van der Waals surface area (Å²) in [6.07, 6.45) is 3.36. The Morgan fingerprint density at radius 3 is 3.00 bits per heavy atom. The number of aryl methyl sites for hydroxylation is 2. The predicted molar refractivity (Wildman–Crippen MR) is 86.6 cm³/mol. The van der Waals surface area contributed by atoms with Gasteiger partial charge in [-0.25, -0.2) is 0 Å². The third kappa shape index (κ3) is 2.11. The van der Waals surface area contributed by atoms with Crippen LogP contribution in [0.25, 0.3) is 10.9 Å². The largest absolute Gasteiger partial charge is 0.358 e. The molecule has 1 aliphatic rings. The molecule has 106 valence electrons. The zero-order valence-corrected chi connectivity index (χ0v) is 14.0. The number of H-pyrrole nitrogens is 1. The van der Waals surface area contributed by atoms with Gasteiger partial charge in [-0.1, -0.05) is 18.5 Å². The highest BCUT2D eigenvalue weighted by molar-refractivity contribution is 9.10. The van der Waals surface area contributed by atoms with Crippen LogP contribution in [0.15, 0.2) is 10.5 Å². The van der Waals surface area contributed by atoms with Crippen LogP contribution in [0.5, 0.6) is 0 Å². The van der Waals surface area contributed by atoms with E-state index in [9.17, 15) is 4.79 Å². The van der Waals surface area contributed by atoms with Gasteiger partial charge in [0, 0.05) is 27.9 Å². The SMILES string of the molecule is CCC(=O)C1CCc2c([nH]c3c(C)cc(Cl)c(Br)c23)C1. The van der Waals surface area contributed by atoms with E-state index in [4.69, 9.17) is 11.6 Å². The van der Waals surface area contributed by atoms with Crippen LogP contribution in [0, 0.1) is 12.8 Å². The number of hydrogen-bond donors (Lipinski definition) is 1. The fraction of sp³-hybridized carbons (Fsp3) is 0.438. The molecule has 0 fully saturated rings. The van der Waals surface area contributed by atoms with E-state index in [1.165, 1.54) is 16.6 Å². The van der Waals surface area contributed by atoms with Crippen molar-refractivity contribution in [2.75, 3.05) is 0 Å². The molecule has 0 amide bonds. The highest BCUT2D eigenvalue weighted by Crippen LogP contribution is 2.40. The van der Waals surface area contributed by atoms with Gasteiger partial charge in [-0.05, 0) is 59.3 Å². The Morgan fingerprint density at radius 1 is 1.55 bits per heavy atom. The van der Waals surface area contributed by atoms with Crippen LogP contribution < -0.4 is 0 Å². The van der Waals surface area contributed by atoms with Gasteiger partial charge in [-0.15, -0.1) is 0 Å². The second kappa shape index (κ2) is 5.19. The van der Waals surface area contributed by atoms with Crippen molar-refractivity contribution in [3.63, 3.8) is 0 Å². The zero-order valence-electron chi connectivity index (χ0n) is 11.6. The number of carbonyl (C=O) groups is 1. The van der Waals surface area contributed by atoms with E-state index in [1.54, 1.807) is 0 Å². The molecular formula is C16H17BrClNO. The van der Waals surface area contributed by atoms with Gasteiger partial charge in [0.1, 0.15) is 5.78 Å². The number of rotatable bonds is 2. The normalized spacial score (nSPS) is 18.3. The Hall–Kier alpha value is -0.800. The number of nitrogens with one attached hydrogen (secondary N) is 1. The first kappa shape index (κ1) is 14.2. The van der Waals surface area contributed by atoms with Crippen molar-refractivity contribution in [3.8, 4) is 0 Å². The Kier molecular flexibility index (Phi) is 3.67. The maximum absolute atomic E-state index is 11.9. The molecule has 0 saturated carbocycles. The van der Waals surface area contributed by atoms with E-state index in [2.05, 4.69) is 27.8 Å². The molecule has 1 unspecified atom stereocenters. The summed E-state index contributed by atoms with van der Waals surface area (Å²) in [4.78, 5) is 15.5. The standard InChI is InChI=1S/C16H17BrClNO/c1-3-13(20)9-4-5-10-12(7-9)19-16-8(2)6-11(18)15(17)14(10)16/h6,9,19H,3-5,7H2,1-2H3. The summed E-state index contributed by atoms with van der Waals surface area (Å²) < 4.78 is 0.970. The van der Waals surface area contributed by atoms with Gasteiger partial charge >= 0.3 is 0 Å². The van der Waals surface area contributed by atoms with Crippen LogP contribution >= 0.6 is 27.5 Å². The van der Waals surface area contributed by atoms with Gasteiger partial charge in [0.05, 0.1) is 10.5 Å². The minimum atomic E-state index is 0.176. The Balaban J connectivity index is 2.14. The van der Waals surface area contributed by atoms with Gasteiger partial charge in [-0.2, -0.15) is 0 Å². The quantitative estimate of drug-likeness (QED) is 0.811. The molecule has 0 spiro atoms. The van der Waals surface area contributed by atoms with Gasteiger partial charge in [0.15, 0.2) is 0 Å². The van der Waals surface area contributed by atoms with Crippen LogP contribution in [-0.4, -0.2) is 10.8 Å². The monoisotopic (exact) mass is 353 g/mol. The summed E-state index contributed by atoms with van der Waals surface area (Å²) >= 11 is 9.89. The summed E-state index contributed by atoms with van der Waals surface area (Å²) in [5, 5.41) is 1.95. The third-order valence-corrected chi connectivity index (χ3v) is 5.71. The molecule has 2 aromatic rings. The smallest absolute Gasteiger partial charge is 0.136 e. The highest BCUT2D eigenvalue weighted by atomic mass is 79.9. The fourth-order valence-corrected chi connectivity index (χ4v) is 4.06. The number of hydrogen-bond acceptors (Lipinski definition) is 1. The van der Waals surface area contributed by atoms with Crippen LogP contribution in [-0.2, 0) is 17.6 Å². The van der Waals surface area contributed by atoms with Crippen LogP contribution in [0.3, 0.4) is 0 Å². The molecule has 1 aromatic heterocycles. The molecule has 3 rings (SSSR count). The number of Topliss-reactive ketones (excluding diaryl/α,β-unsaturated/α-hetero) is 1. The lowest BCUT2D eigenvalue weighted by molar-refractivity contribution is -0.122. The third-order valence-electron chi connectivity index (χ3n) is 4.36. The van der Waals surface area contributed by atoms with E-state index in [1.807, 2.05) is 13.0 Å². The first-order chi connectivity index (χ1) is 9.52. The first-order valence-corrected chi connectivity index (χ1v) is 8.20. The first-order valence-electron chi connectivity index (χ1n) is 7.03. The summed E-state index contributed by atoms with van der Waals surface area (Å²) in [5.41, 5.74) is 4.85. The number of ketones is 1. The average Bonchev–Trinajstić information content (AvgIpc) is 2.83. The summed E-state index contributed by atoms with van der Waals surface area (Å²) in [6, 6.07) is 1.98. The number of halogens is 2. The van der Waals surface area contributed by atoms with Crippen molar-refractivity contribution in [1.29, 1.82) is 0 Å². The Bertz CT molecular complexity index is 704. The van der Waals surface area contributed by atoms with Crippen molar-refractivity contribution in [3.05, 3.63) is 32.4 Å². The van der Waals surface area contributed by atoms with Crippen molar-refractivity contribution in [1.82, 2.24) is 4.98 Å². The Morgan fingerprint density at radius 2 is 2.30 bits per heavy atom. The number of aromatic nitrogens is 1. The van der Waals surface area contributed by atoms with Crippen LogP contribution in [0.1, 0.15) is 36.6 Å². The summed E-state index contributed by atoms with van der Waals surface area (Å²) in [6.45, 7) is 4.01. The molecule has 0 aliphatic heterocycles. The molecule has 1 aromatic carbocycles. The molecule has 0 radical (unpaired) electrons. The maximum Gasteiger partial charge on any atom is 0.136 e. The molecule has 1 heterocycles. The van der Waals surface area contributed by atoms with Gasteiger partial charge in [0.2, 0.25) is 0 Å². The number of fused-ring (bicyclic) bond motifs is 3. The number of carbonyl (C=O) groups excluding carboxylic acids is 1. The van der Waals surface area contributed by atoms with E-state index < -0.39 is 0 Å². The molecule has 1 aliphatic carbocycles. The van der Waals surface area contributed by atoms with Gasteiger partial charge in [0.25, 0.3) is 0 Å². The number of benzene rings is 1. The van der Waals surface area contributed by atoms with Gasteiger partial charge < -0.3 is 4.98 Å². The predicted octanol–water partition coefficient (Wildman–Crippen LogP) is 4.98. The molecule has 4 heteroatoms. The fourth-order valence-electron chi connectivity index (χ4n) is 3.25. The molecular weight excluding hydrogens is 338 g/mol. The van der Waals surface area contributed by atoms with E-state index >= 15 is 0 Å². The molecule has 2 nitrogen and oxygen atoms in total. The van der Waals surface area contributed by atoms with Crippen LogP contribution in [0.2, 0.25) is 5.02 Å². The van der Waals surface area contributed by atoms with E-state index in [0.717, 1.165) is 39.8 Å². The number of aromatic amines is 1. The van der Waals surface area contributed by atoms with Crippen molar-refractivity contribution < 1.29 is 4.79 Å². The lowest BCUT2D eigenvalue weighted by Gasteiger charge is -2.20. The summed E-state index contributed by atoms with van der Waals surface area (Å²) in [5.74, 6) is 0.554. The minimum absolute atomic E-state index is 0.176. The van der Waals surface area contributed by atoms with E-state index in [-0.39, 0.29) is 5.92 Å². The molecule has 0 bridgehead atoms. The minimum Gasteiger partial charge on any atom is -0.358 e. The second-order valence-corrected chi connectivity index (χ2v) is 6.78. The van der Waals surface area contributed by atoms with Crippen molar-refractivity contribution >= 4 is 44.2 Å². The lowest BCUT2D eigenvalue weighted by Crippen LogP contribution is -2.21. The molecule has 1 atom stereocenters. The summed E-state index contributed by atoms with van der Waals surface area (Å²) in [7, 11) is 0. The molecule has 0 saturated heterocycles. The van der Waals surface area contributed by atoms with E-state index in [0.29, 0.717) is 12.2 Å². The second-order valence-electron chi connectivity index (χ2n) is 5.58. The maximum atomic E-state index is 11.9. The van der Waals surface area contributed by atoms with Crippen molar-refractivity contribution in [2.45, 2.75) is 39.5 Å². The Labute approximate surface area is 132 Å². The average molecular weight is 355 g/mol. The zero-order chi connectivity index (χ0) is 14.4.